The van der Waals surface area contributed by atoms with Crippen LogP contribution in [-0.2, 0) is 0 Å². The summed E-state index contributed by atoms with van der Waals surface area (Å²) in [7, 11) is 1.86. The maximum Gasteiger partial charge on any atom is 0.129 e. The molecule has 0 spiro atoms. The molecule has 0 saturated carbocycles. The van der Waals surface area contributed by atoms with Crippen LogP contribution in [0.1, 0.15) is 17.2 Å². The van der Waals surface area contributed by atoms with Gasteiger partial charge in [0.05, 0.1) is 6.04 Å². The summed E-state index contributed by atoms with van der Waals surface area (Å²) in [5.74, 6) is -0.202. The number of benzene rings is 2. The van der Waals surface area contributed by atoms with Gasteiger partial charge in [-0.2, -0.15) is 0 Å². The molecular weight excluding hydrogens is 337 g/mol. The van der Waals surface area contributed by atoms with Gasteiger partial charge in [0.15, 0.2) is 0 Å². The zero-order valence-electron chi connectivity index (χ0n) is 10.9. The van der Waals surface area contributed by atoms with Crippen molar-refractivity contribution < 1.29 is 4.39 Å². The van der Waals surface area contributed by atoms with Gasteiger partial charge in [-0.05, 0) is 41.6 Å². The summed E-state index contributed by atoms with van der Waals surface area (Å²) < 4.78 is 16.2. The number of nitrogens with one attached hydrogen (secondary N) is 1. The molecule has 1 unspecified atom stereocenters. The van der Waals surface area contributed by atoms with Gasteiger partial charge in [-0.15, -0.1) is 11.3 Å². The van der Waals surface area contributed by atoms with Crippen molar-refractivity contribution in [1.29, 1.82) is 0 Å². The first-order chi connectivity index (χ1) is 9.72. The minimum Gasteiger partial charge on any atom is -0.309 e. The van der Waals surface area contributed by atoms with Crippen LogP contribution in [0.15, 0.2) is 52.3 Å². The molecule has 0 saturated heterocycles. The molecule has 0 bridgehead atoms. The van der Waals surface area contributed by atoms with E-state index in [9.17, 15) is 4.39 Å². The molecular formula is C16H13BrFNS. The van der Waals surface area contributed by atoms with E-state index >= 15 is 0 Å². The summed E-state index contributed by atoms with van der Waals surface area (Å²) in [6.07, 6.45) is 0. The van der Waals surface area contributed by atoms with E-state index in [1.54, 1.807) is 17.4 Å². The third-order valence-corrected chi connectivity index (χ3v) is 5.07. The van der Waals surface area contributed by atoms with Crippen molar-refractivity contribution in [2.75, 3.05) is 7.05 Å². The van der Waals surface area contributed by atoms with Crippen molar-refractivity contribution in [1.82, 2.24) is 5.32 Å². The lowest BCUT2D eigenvalue weighted by Gasteiger charge is -2.20. The molecule has 0 aliphatic carbocycles. The summed E-state index contributed by atoms with van der Waals surface area (Å²) in [5, 5.41) is 6.50. The minimum absolute atomic E-state index is 0.173. The molecule has 2 aromatic carbocycles. The predicted molar refractivity (Wildman–Crippen MR) is 86.8 cm³/mol. The molecule has 1 aromatic heterocycles. The number of thiophene rings is 1. The Bertz CT molecular complexity index is 733. The van der Waals surface area contributed by atoms with Crippen molar-refractivity contribution in [2.45, 2.75) is 6.04 Å². The van der Waals surface area contributed by atoms with Crippen molar-refractivity contribution in [3.05, 3.63) is 69.3 Å². The monoisotopic (exact) mass is 349 g/mol. The maximum atomic E-state index is 14.2. The molecule has 0 aliphatic rings. The van der Waals surface area contributed by atoms with Crippen LogP contribution in [0.5, 0.6) is 0 Å². The maximum absolute atomic E-state index is 14.2. The number of fused-ring (bicyclic) bond motifs is 1. The molecule has 0 amide bonds. The fourth-order valence-corrected chi connectivity index (χ4v) is 4.00. The van der Waals surface area contributed by atoms with Crippen molar-refractivity contribution in [3.8, 4) is 0 Å². The Morgan fingerprint density at radius 3 is 2.70 bits per heavy atom. The molecule has 1 atom stereocenters. The molecule has 102 valence electrons. The van der Waals surface area contributed by atoms with E-state index in [1.807, 2.05) is 19.2 Å². The van der Waals surface area contributed by atoms with Gasteiger partial charge in [0.25, 0.3) is 0 Å². The Hall–Kier alpha value is -1.23. The van der Waals surface area contributed by atoms with Crippen LogP contribution < -0.4 is 5.32 Å². The van der Waals surface area contributed by atoms with Gasteiger partial charge in [-0.1, -0.05) is 40.2 Å². The van der Waals surface area contributed by atoms with Gasteiger partial charge in [-0.3, -0.25) is 0 Å². The van der Waals surface area contributed by atoms with Crippen LogP contribution in [0.4, 0.5) is 4.39 Å². The zero-order valence-corrected chi connectivity index (χ0v) is 13.3. The summed E-state index contributed by atoms with van der Waals surface area (Å²) in [6.45, 7) is 0. The van der Waals surface area contributed by atoms with Crippen LogP contribution in [0.2, 0.25) is 0 Å². The van der Waals surface area contributed by atoms with Crippen LogP contribution >= 0.6 is 27.3 Å². The summed E-state index contributed by atoms with van der Waals surface area (Å²) in [5.41, 5.74) is 1.75. The van der Waals surface area contributed by atoms with E-state index < -0.39 is 0 Å². The molecule has 3 aromatic rings. The average Bonchev–Trinajstić information content (AvgIpc) is 2.91. The number of rotatable bonds is 3. The van der Waals surface area contributed by atoms with Gasteiger partial charge >= 0.3 is 0 Å². The highest BCUT2D eigenvalue weighted by Crippen LogP contribution is 2.36. The molecule has 1 nitrogen and oxygen atoms in total. The molecule has 1 heterocycles. The van der Waals surface area contributed by atoms with Crippen LogP contribution in [0.3, 0.4) is 0 Å². The zero-order chi connectivity index (χ0) is 14.1. The van der Waals surface area contributed by atoms with Crippen LogP contribution in [0, 0.1) is 5.82 Å². The molecule has 4 heteroatoms. The second-order valence-electron chi connectivity index (χ2n) is 4.54. The fraction of sp³-hybridized carbons (Fsp3) is 0.125. The first-order valence-electron chi connectivity index (χ1n) is 6.29. The largest absolute Gasteiger partial charge is 0.309 e. The Kier molecular flexibility index (Phi) is 3.87. The minimum atomic E-state index is -0.202. The van der Waals surface area contributed by atoms with Gasteiger partial charge in [0.2, 0.25) is 0 Å². The lowest BCUT2D eigenvalue weighted by molar-refractivity contribution is 0.575. The molecule has 0 radical (unpaired) electrons. The summed E-state index contributed by atoms with van der Waals surface area (Å²) >= 11 is 5.15. The highest BCUT2D eigenvalue weighted by molar-refractivity contribution is 9.10. The summed E-state index contributed by atoms with van der Waals surface area (Å²) in [6, 6.07) is 13.2. The van der Waals surface area contributed by atoms with Crippen LogP contribution in [0.25, 0.3) is 10.1 Å². The highest BCUT2D eigenvalue weighted by atomic mass is 79.9. The van der Waals surface area contributed by atoms with Gasteiger partial charge < -0.3 is 5.32 Å². The molecule has 0 aliphatic heterocycles. The third-order valence-electron chi connectivity index (χ3n) is 3.40. The smallest absolute Gasteiger partial charge is 0.129 e. The fourth-order valence-electron chi connectivity index (χ4n) is 2.49. The molecule has 20 heavy (non-hydrogen) atoms. The molecule has 0 fully saturated rings. The SMILES string of the molecule is CNC(c1c(F)cccc1Br)c1cccc2ccsc12. The lowest BCUT2D eigenvalue weighted by atomic mass is 9.97. The second kappa shape index (κ2) is 5.64. The summed E-state index contributed by atoms with van der Waals surface area (Å²) in [4.78, 5) is 0. The van der Waals surface area contributed by atoms with Gasteiger partial charge in [-0.25, -0.2) is 4.39 Å². The average molecular weight is 350 g/mol. The Balaban J connectivity index is 2.22. The lowest BCUT2D eigenvalue weighted by Crippen LogP contribution is -2.19. The highest BCUT2D eigenvalue weighted by Gasteiger charge is 2.21. The number of halogens is 2. The molecule has 1 N–H and O–H groups in total. The Morgan fingerprint density at radius 2 is 1.95 bits per heavy atom. The Labute approximate surface area is 129 Å². The number of hydrogen-bond donors (Lipinski definition) is 1. The van der Waals surface area contributed by atoms with Crippen molar-refractivity contribution in [3.63, 3.8) is 0 Å². The Morgan fingerprint density at radius 1 is 1.15 bits per heavy atom. The van der Waals surface area contributed by atoms with Gasteiger partial charge in [0, 0.05) is 14.7 Å². The van der Waals surface area contributed by atoms with Crippen molar-refractivity contribution >= 4 is 37.4 Å². The standard InChI is InChI=1S/C16H13BrFNS/c1-19-15(14-12(17)6-3-7-13(14)18)11-5-2-4-10-8-9-20-16(10)11/h2-9,15,19H,1H3. The first kappa shape index (κ1) is 13.7. The first-order valence-corrected chi connectivity index (χ1v) is 7.97. The van der Waals surface area contributed by atoms with E-state index in [0.29, 0.717) is 5.56 Å². The van der Waals surface area contributed by atoms with Crippen molar-refractivity contribution in [2.24, 2.45) is 0 Å². The topological polar surface area (TPSA) is 12.0 Å². The van der Waals surface area contributed by atoms with E-state index in [4.69, 9.17) is 0 Å². The molecule has 3 rings (SSSR count). The van der Waals surface area contributed by atoms with E-state index in [-0.39, 0.29) is 11.9 Å². The third kappa shape index (κ3) is 2.28. The predicted octanol–water partition coefficient (Wildman–Crippen LogP) is 5.11. The van der Waals surface area contributed by atoms with E-state index in [1.165, 1.54) is 16.2 Å². The number of hydrogen-bond acceptors (Lipinski definition) is 2. The quantitative estimate of drug-likeness (QED) is 0.692. The van der Waals surface area contributed by atoms with E-state index in [0.717, 1.165) is 10.0 Å². The second-order valence-corrected chi connectivity index (χ2v) is 6.31. The van der Waals surface area contributed by atoms with Gasteiger partial charge in [0.1, 0.15) is 5.82 Å². The normalized spacial score (nSPS) is 12.8. The van der Waals surface area contributed by atoms with E-state index in [2.05, 4.69) is 44.8 Å². The van der Waals surface area contributed by atoms with Crippen LogP contribution in [-0.4, -0.2) is 7.05 Å².